The Morgan fingerprint density at radius 1 is 1.04 bits per heavy atom. The molecule has 0 saturated carbocycles. The molecule has 23 heavy (non-hydrogen) atoms. The summed E-state index contributed by atoms with van der Waals surface area (Å²) in [6, 6.07) is 16.3. The van der Waals surface area contributed by atoms with Gasteiger partial charge in [0.15, 0.2) is 5.82 Å². The van der Waals surface area contributed by atoms with Crippen molar-refractivity contribution in [1.82, 2.24) is 10.1 Å². The normalized spacial score (nSPS) is 12.3. The van der Waals surface area contributed by atoms with Crippen molar-refractivity contribution in [1.29, 1.82) is 0 Å². The third-order valence-electron chi connectivity index (χ3n) is 3.69. The van der Waals surface area contributed by atoms with Crippen LogP contribution in [0.3, 0.4) is 0 Å². The van der Waals surface area contributed by atoms with Crippen LogP contribution in [0.4, 0.5) is 4.39 Å². The molecule has 0 aliphatic heterocycles. The molecule has 3 aromatic rings. The van der Waals surface area contributed by atoms with Gasteiger partial charge >= 0.3 is 0 Å². The van der Waals surface area contributed by atoms with E-state index in [2.05, 4.69) is 22.3 Å². The number of aryl methyl sites for hydroxylation is 1. The highest BCUT2D eigenvalue weighted by Gasteiger charge is 2.15. The van der Waals surface area contributed by atoms with Crippen molar-refractivity contribution >= 4 is 0 Å². The Hall–Kier alpha value is -2.53. The zero-order chi connectivity index (χ0) is 16.1. The molecule has 2 aromatic carbocycles. The molecule has 3 rings (SSSR count). The van der Waals surface area contributed by atoms with Gasteiger partial charge in [-0.05, 0) is 30.0 Å². The van der Waals surface area contributed by atoms with E-state index in [1.165, 1.54) is 11.6 Å². The first-order chi connectivity index (χ1) is 11.2. The number of rotatable bonds is 6. The van der Waals surface area contributed by atoms with E-state index in [0.29, 0.717) is 30.1 Å². The van der Waals surface area contributed by atoms with Crippen LogP contribution in [0.25, 0.3) is 0 Å². The van der Waals surface area contributed by atoms with Crippen LogP contribution in [0.1, 0.15) is 35.3 Å². The van der Waals surface area contributed by atoms with Gasteiger partial charge in [-0.3, -0.25) is 0 Å². The van der Waals surface area contributed by atoms with Gasteiger partial charge in [0.2, 0.25) is 5.89 Å². The van der Waals surface area contributed by atoms with Gasteiger partial charge in [0.25, 0.3) is 0 Å². The number of nitrogens with zero attached hydrogens (tertiary/aromatic N) is 2. The number of benzene rings is 2. The van der Waals surface area contributed by atoms with E-state index in [9.17, 15) is 4.39 Å². The number of hydrogen-bond donors (Lipinski definition) is 1. The summed E-state index contributed by atoms with van der Waals surface area (Å²) in [7, 11) is 0. The van der Waals surface area contributed by atoms with Crippen LogP contribution in [0.15, 0.2) is 59.1 Å². The lowest BCUT2D eigenvalue weighted by molar-refractivity contribution is 0.345. The molecule has 0 bridgehead atoms. The van der Waals surface area contributed by atoms with E-state index in [-0.39, 0.29) is 11.9 Å². The molecular formula is C18H18FN3O. The molecule has 4 nitrogen and oxygen atoms in total. The molecule has 0 fully saturated rings. The smallest absolute Gasteiger partial charge is 0.243 e. The van der Waals surface area contributed by atoms with Crippen molar-refractivity contribution < 1.29 is 8.91 Å². The maximum absolute atomic E-state index is 13.6. The average molecular weight is 311 g/mol. The minimum absolute atomic E-state index is 0.271. The Labute approximate surface area is 134 Å². The molecule has 2 N–H and O–H groups in total. The summed E-state index contributed by atoms with van der Waals surface area (Å²) in [5, 5.41) is 3.90. The minimum atomic E-state index is -0.322. The standard InChI is InChI=1S/C18H18FN3O/c19-15-9-5-4-8-14(15)12-17-21-18(23-22-17)16(20)11-10-13-6-2-1-3-7-13/h1-9,16H,10-12,20H2/t16-/m1/s1. The molecule has 0 aliphatic carbocycles. The van der Waals surface area contributed by atoms with Crippen molar-refractivity contribution in [2.75, 3.05) is 0 Å². The highest BCUT2D eigenvalue weighted by Crippen LogP contribution is 2.17. The molecular weight excluding hydrogens is 293 g/mol. The van der Waals surface area contributed by atoms with Crippen LogP contribution in [0.2, 0.25) is 0 Å². The third kappa shape index (κ3) is 4.02. The molecule has 0 saturated heterocycles. The Balaban J connectivity index is 1.61. The molecule has 1 aromatic heterocycles. The summed E-state index contributed by atoms with van der Waals surface area (Å²) in [5.74, 6) is 0.569. The van der Waals surface area contributed by atoms with Gasteiger partial charge in [-0.15, -0.1) is 0 Å². The van der Waals surface area contributed by atoms with E-state index < -0.39 is 0 Å². The molecule has 5 heteroatoms. The topological polar surface area (TPSA) is 64.9 Å². The fraction of sp³-hybridized carbons (Fsp3) is 0.222. The fourth-order valence-corrected chi connectivity index (χ4v) is 2.39. The van der Waals surface area contributed by atoms with Gasteiger partial charge in [-0.1, -0.05) is 53.7 Å². The minimum Gasteiger partial charge on any atom is -0.338 e. The van der Waals surface area contributed by atoms with Crippen LogP contribution < -0.4 is 5.73 Å². The molecule has 118 valence electrons. The monoisotopic (exact) mass is 311 g/mol. The SMILES string of the molecule is N[C@H](CCc1ccccc1)c1nc(Cc2ccccc2F)no1. The number of halogens is 1. The molecule has 1 heterocycles. The van der Waals surface area contributed by atoms with Crippen molar-refractivity contribution in [2.24, 2.45) is 5.73 Å². The number of nitrogens with two attached hydrogens (primary N) is 1. The maximum Gasteiger partial charge on any atom is 0.243 e. The first-order valence-electron chi connectivity index (χ1n) is 7.58. The van der Waals surface area contributed by atoms with Gasteiger partial charge in [0.05, 0.1) is 6.04 Å². The predicted octanol–water partition coefficient (Wildman–Crippen LogP) is 3.43. The second-order valence-corrected chi connectivity index (χ2v) is 5.45. The second-order valence-electron chi connectivity index (χ2n) is 5.45. The van der Waals surface area contributed by atoms with Crippen LogP contribution in [-0.4, -0.2) is 10.1 Å². The first kappa shape index (κ1) is 15.4. The first-order valence-corrected chi connectivity index (χ1v) is 7.58. The summed E-state index contributed by atoms with van der Waals surface area (Å²) in [6.07, 6.45) is 1.85. The number of hydrogen-bond acceptors (Lipinski definition) is 4. The summed E-state index contributed by atoms with van der Waals surface area (Å²) in [5.41, 5.74) is 7.87. The van der Waals surface area contributed by atoms with Crippen molar-refractivity contribution in [2.45, 2.75) is 25.3 Å². The lowest BCUT2D eigenvalue weighted by Gasteiger charge is -2.06. The number of aromatic nitrogens is 2. The summed E-state index contributed by atoms with van der Waals surface area (Å²) in [6.45, 7) is 0. The third-order valence-corrected chi connectivity index (χ3v) is 3.69. The van der Waals surface area contributed by atoms with Crippen molar-refractivity contribution in [3.63, 3.8) is 0 Å². The van der Waals surface area contributed by atoms with Gasteiger partial charge in [0.1, 0.15) is 5.82 Å². The Morgan fingerprint density at radius 2 is 1.78 bits per heavy atom. The molecule has 0 aliphatic rings. The van der Waals surface area contributed by atoms with Crippen molar-refractivity contribution in [3.8, 4) is 0 Å². The summed E-state index contributed by atoms with van der Waals surface area (Å²) < 4.78 is 18.9. The van der Waals surface area contributed by atoms with Gasteiger partial charge in [-0.2, -0.15) is 4.98 Å². The van der Waals surface area contributed by atoms with Gasteiger partial charge in [0, 0.05) is 6.42 Å². The zero-order valence-corrected chi connectivity index (χ0v) is 12.7. The largest absolute Gasteiger partial charge is 0.338 e. The maximum atomic E-state index is 13.6. The van der Waals surface area contributed by atoms with E-state index in [1.54, 1.807) is 18.2 Å². The zero-order valence-electron chi connectivity index (χ0n) is 12.7. The fourth-order valence-electron chi connectivity index (χ4n) is 2.39. The lowest BCUT2D eigenvalue weighted by atomic mass is 10.1. The van der Waals surface area contributed by atoms with E-state index in [0.717, 1.165) is 6.42 Å². The van der Waals surface area contributed by atoms with Crippen LogP contribution in [0.5, 0.6) is 0 Å². The highest BCUT2D eigenvalue weighted by molar-refractivity contribution is 5.21. The van der Waals surface area contributed by atoms with E-state index >= 15 is 0 Å². The van der Waals surface area contributed by atoms with Crippen LogP contribution >= 0.6 is 0 Å². The Morgan fingerprint density at radius 3 is 2.57 bits per heavy atom. The quantitative estimate of drug-likeness (QED) is 0.757. The lowest BCUT2D eigenvalue weighted by Crippen LogP contribution is -2.12. The van der Waals surface area contributed by atoms with E-state index in [1.807, 2.05) is 18.2 Å². The Kier molecular flexibility index (Phi) is 4.78. The van der Waals surface area contributed by atoms with E-state index in [4.69, 9.17) is 10.3 Å². The highest BCUT2D eigenvalue weighted by atomic mass is 19.1. The molecule has 0 amide bonds. The molecule has 0 spiro atoms. The van der Waals surface area contributed by atoms with Crippen LogP contribution in [0, 0.1) is 5.82 Å². The molecule has 0 unspecified atom stereocenters. The second kappa shape index (κ2) is 7.15. The van der Waals surface area contributed by atoms with Gasteiger partial charge in [-0.25, -0.2) is 4.39 Å². The molecule has 1 atom stereocenters. The summed E-state index contributed by atoms with van der Waals surface area (Å²) in [4.78, 5) is 4.29. The van der Waals surface area contributed by atoms with Crippen molar-refractivity contribution in [3.05, 3.63) is 83.3 Å². The average Bonchev–Trinajstić information content (AvgIpc) is 3.04. The predicted molar refractivity (Wildman–Crippen MR) is 85.2 cm³/mol. The van der Waals surface area contributed by atoms with Gasteiger partial charge < -0.3 is 10.3 Å². The summed E-state index contributed by atoms with van der Waals surface area (Å²) >= 11 is 0. The van der Waals surface area contributed by atoms with Crippen LogP contribution in [-0.2, 0) is 12.8 Å². The molecule has 0 radical (unpaired) electrons. The Bertz CT molecular complexity index is 758.